The number of fused-ring (bicyclic) bond motifs is 1. The maximum Gasteiger partial charge on any atom is 0.229 e. The van der Waals surface area contributed by atoms with Gasteiger partial charge in [0.05, 0.1) is 34.0 Å². The Labute approximate surface area is 243 Å². The predicted octanol–water partition coefficient (Wildman–Crippen LogP) is -1.17. The summed E-state index contributed by atoms with van der Waals surface area (Å²) in [4.78, 5) is 12.8. The largest absolute Gasteiger partial charge is 0.507 e. The number of phenolic OH excluding ortho intramolecular Hbond substituents is 1. The highest BCUT2D eigenvalue weighted by Gasteiger charge is 2.53. The summed E-state index contributed by atoms with van der Waals surface area (Å²) in [6.07, 6.45) is -10.9. The SMILES string of the molecule is COc1cc(O)c2c(=O)cc(-c3ccc(O[C@@H]4O[C@@H](CO)[C@H](O)[C@@H](O)[C@@H]4O[C@@H]4OC[C@](O)(CO)[C@@H]4O)c(OC)c3)oc2c1. The lowest BCUT2D eigenvalue weighted by Gasteiger charge is -2.42. The Bertz CT molecular complexity index is 1510. The quantitative estimate of drug-likeness (QED) is 0.152. The third-order valence-corrected chi connectivity index (χ3v) is 7.41. The van der Waals surface area contributed by atoms with Crippen LogP contribution in [0.15, 0.2) is 45.6 Å². The first kappa shape index (κ1) is 30.9. The van der Waals surface area contributed by atoms with Crippen molar-refractivity contribution in [1.82, 2.24) is 0 Å². The highest BCUT2D eigenvalue weighted by atomic mass is 16.8. The van der Waals surface area contributed by atoms with Gasteiger partial charge in [-0.25, -0.2) is 0 Å². The number of hydrogen-bond acceptors (Lipinski definition) is 15. The van der Waals surface area contributed by atoms with Crippen molar-refractivity contribution in [1.29, 1.82) is 0 Å². The topological polar surface area (TPSA) is 227 Å². The maximum absolute atomic E-state index is 12.8. The van der Waals surface area contributed by atoms with Crippen molar-refractivity contribution in [2.24, 2.45) is 0 Å². The molecule has 5 rings (SSSR count). The van der Waals surface area contributed by atoms with Crippen molar-refractivity contribution in [3.63, 3.8) is 0 Å². The van der Waals surface area contributed by atoms with E-state index in [1.54, 1.807) is 0 Å². The van der Waals surface area contributed by atoms with Crippen LogP contribution in [0.1, 0.15) is 0 Å². The van der Waals surface area contributed by atoms with Gasteiger partial charge in [0.2, 0.25) is 6.29 Å². The first-order valence-corrected chi connectivity index (χ1v) is 13.1. The van der Waals surface area contributed by atoms with Crippen LogP contribution >= 0.6 is 0 Å². The normalized spacial score (nSPS) is 30.8. The minimum atomic E-state index is -2.02. The minimum Gasteiger partial charge on any atom is -0.507 e. The fraction of sp³-hybridized carbons (Fsp3) is 0.464. The van der Waals surface area contributed by atoms with Crippen LogP contribution in [-0.4, -0.2) is 118 Å². The monoisotopic (exact) mass is 608 g/mol. The third kappa shape index (κ3) is 5.74. The van der Waals surface area contributed by atoms with Gasteiger partial charge in [0.15, 0.2) is 29.3 Å². The molecule has 8 atom stereocenters. The van der Waals surface area contributed by atoms with Gasteiger partial charge in [-0.1, -0.05) is 0 Å². The van der Waals surface area contributed by atoms with Crippen LogP contribution < -0.4 is 19.6 Å². The molecule has 2 fully saturated rings. The molecule has 0 bridgehead atoms. The summed E-state index contributed by atoms with van der Waals surface area (Å²) in [6.45, 7) is -1.99. The van der Waals surface area contributed by atoms with E-state index < -0.39 is 74.0 Å². The summed E-state index contributed by atoms with van der Waals surface area (Å²) in [5.41, 5.74) is -2.05. The van der Waals surface area contributed by atoms with Crippen molar-refractivity contribution in [2.45, 2.75) is 48.7 Å². The van der Waals surface area contributed by atoms with Crippen LogP contribution in [0.2, 0.25) is 0 Å². The van der Waals surface area contributed by atoms with E-state index in [0.717, 1.165) is 0 Å². The average Bonchev–Trinajstić information content (AvgIpc) is 3.29. The molecule has 234 valence electrons. The zero-order valence-electron chi connectivity index (χ0n) is 23.0. The van der Waals surface area contributed by atoms with Gasteiger partial charge in [0.1, 0.15) is 58.2 Å². The van der Waals surface area contributed by atoms with Crippen LogP contribution in [0.5, 0.6) is 23.0 Å². The summed E-state index contributed by atoms with van der Waals surface area (Å²) in [5.74, 6) is 0.273. The molecular weight excluding hydrogens is 576 g/mol. The van der Waals surface area contributed by atoms with E-state index in [1.165, 1.54) is 50.6 Å². The molecule has 0 radical (unpaired) electrons. The van der Waals surface area contributed by atoms with Crippen molar-refractivity contribution in [3.05, 3.63) is 46.6 Å². The van der Waals surface area contributed by atoms with E-state index in [9.17, 15) is 40.5 Å². The van der Waals surface area contributed by atoms with Crippen molar-refractivity contribution >= 4 is 11.0 Å². The number of benzene rings is 2. The highest BCUT2D eigenvalue weighted by Crippen LogP contribution is 2.38. The van der Waals surface area contributed by atoms with Gasteiger partial charge in [-0.3, -0.25) is 4.79 Å². The van der Waals surface area contributed by atoms with Crippen molar-refractivity contribution in [3.8, 4) is 34.3 Å². The molecular formula is C28H32O15. The molecule has 2 aliphatic rings. The van der Waals surface area contributed by atoms with E-state index in [1.807, 2.05) is 0 Å². The molecule has 3 heterocycles. The number of aliphatic hydroxyl groups is 6. The Hall–Kier alpha value is -3.51. The van der Waals surface area contributed by atoms with Crippen molar-refractivity contribution in [2.75, 3.05) is 34.0 Å². The number of ether oxygens (including phenoxy) is 6. The number of rotatable bonds is 9. The molecule has 15 heteroatoms. The minimum absolute atomic E-state index is 0.0232. The molecule has 1 aromatic heterocycles. The Morgan fingerprint density at radius 1 is 0.977 bits per heavy atom. The van der Waals surface area contributed by atoms with E-state index in [-0.39, 0.29) is 39.7 Å². The summed E-state index contributed by atoms with van der Waals surface area (Å²) in [5, 5.41) is 71.3. The third-order valence-electron chi connectivity index (χ3n) is 7.41. The zero-order valence-corrected chi connectivity index (χ0v) is 23.0. The van der Waals surface area contributed by atoms with Gasteiger partial charge in [0, 0.05) is 23.8 Å². The molecule has 0 amide bonds. The van der Waals surface area contributed by atoms with Gasteiger partial charge in [-0.2, -0.15) is 0 Å². The summed E-state index contributed by atoms with van der Waals surface area (Å²) >= 11 is 0. The van der Waals surface area contributed by atoms with Gasteiger partial charge >= 0.3 is 0 Å². The van der Waals surface area contributed by atoms with Crippen LogP contribution in [0.3, 0.4) is 0 Å². The molecule has 2 aromatic carbocycles. The molecule has 15 nitrogen and oxygen atoms in total. The molecule has 2 saturated heterocycles. The lowest BCUT2D eigenvalue weighted by atomic mass is 9.98. The zero-order chi connectivity index (χ0) is 31.1. The fourth-order valence-electron chi connectivity index (χ4n) is 4.91. The Balaban J connectivity index is 1.45. The lowest BCUT2D eigenvalue weighted by molar-refractivity contribution is -0.319. The van der Waals surface area contributed by atoms with E-state index >= 15 is 0 Å². The van der Waals surface area contributed by atoms with E-state index in [0.29, 0.717) is 5.56 Å². The highest BCUT2D eigenvalue weighted by molar-refractivity contribution is 5.86. The predicted molar refractivity (Wildman–Crippen MR) is 144 cm³/mol. The molecule has 0 unspecified atom stereocenters. The smallest absolute Gasteiger partial charge is 0.229 e. The molecule has 7 N–H and O–H groups in total. The summed E-state index contributed by atoms with van der Waals surface area (Å²) in [6, 6.07) is 8.40. The molecule has 0 saturated carbocycles. The molecule has 0 spiro atoms. The number of aromatic hydroxyl groups is 1. The van der Waals surface area contributed by atoms with Gasteiger partial charge in [-0.15, -0.1) is 0 Å². The summed E-state index contributed by atoms with van der Waals surface area (Å²) < 4.78 is 39.0. The number of hydrogen-bond donors (Lipinski definition) is 7. The fourth-order valence-corrected chi connectivity index (χ4v) is 4.91. The maximum atomic E-state index is 12.8. The van der Waals surface area contributed by atoms with Crippen LogP contribution in [-0.2, 0) is 14.2 Å². The molecule has 43 heavy (non-hydrogen) atoms. The van der Waals surface area contributed by atoms with E-state index in [4.69, 9.17) is 32.8 Å². The second-order valence-electron chi connectivity index (χ2n) is 10.2. The van der Waals surface area contributed by atoms with Gasteiger partial charge in [0.25, 0.3) is 0 Å². The number of aliphatic hydroxyl groups excluding tert-OH is 5. The summed E-state index contributed by atoms with van der Waals surface area (Å²) in [7, 11) is 2.74. The van der Waals surface area contributed by atoms with Gasteiger partial charge < -0.3 is 68.6 Å². The standard InChI is InChI=1S/C28H32O15/c1-37-13-6-14(31)21-15(32)8-17(40-19(21)7-13)12-3-4-16(18(5-12)38-2)41-26-24(23(34)22(33)20(9-29)42-26)43-27-25(35)28(36,10-30)11-39-27/h3-8,20,22-27,29-31,33-36H,9-11H2,1-2H3/t20-,22-,23+,24-,25+,26+,27-,28+/m0/s1. The Kier molecular flexibility index (Phi) is 8.80. The molecule has 3 aromatic rings. The second-order valence-corrected chi connectivity index (χ2v) is 10.2. The Morgan fingerprint density at radius 3 is 2.40 bits per heavy atom. The van der Waals surface area contributed by atoms with Gasteiger partial charge in [-0.05, 0) is 18.2 Å². The molecule has 0 aliphatic carbocycles. The van der Waals surface area contributed by atoms with E-state index in [2.05, 4.69) is 0 Å². The van der Waals surface area contributed by atoms with Crippen LogP contribution in [0, 0.1) is 0 Å². The number of phenols is 1. The lowest BCUT2D eigenvalue weighted by Crippen LogP contribution is -2.62. The first-order valence-electron chi connectivity index (χ1n) is 13.1. The van der Waals surface area contributed by atoms with Crippen LogP contribution in [0.25, 0.3) is 22.3 Å². The Morgan fingerprint density at radius 2 is 1.74 bits per heavy atom. The van der Waals surface area contributed by atoms with Crippen molar-refractivity contribution < 1.29 is 68.6 Å². The average molecular weight is 609 g/mol. The van der Waals surface area contributed by atoms with Crippen LogP contribution in [0.4, 0.5) is 0 Å². The number of methoxy groups -OCH3 is 2. The molecule has 2 aliphatic heterocycles. The first-order chi connectivity index (χ1) is 20.5. The second kappa shape index (κ2) is 12.2.